The fourth-order valence-corrected chi connectivity index (χ4v) is 3.65. The van der Waals surface area contributed by atoms with Crippen LogP contribution in [0.4, 0.5) is 0 Å². The Labute approximate surface area is 125 Å². The Morgan fingerprint density at radius 2 is 2.38 bits per heavy atom. The summed E-state index contributed by atoms with van der Waals surface area (Å²) in [4.78, 5) is 17.9. The van der Waals surface area contributed by atoms with E-state index in [-0.39, 0.29) is 12.1 Å². The molecule has 7 heteroatoms. The number of nitrogens with zero attached hydrogens (tertiary/aromatic N) is 4. The average Bonchev–Trinajstić information content (AvgIpc) is 3.23. The SMILES string of the molecule is O=C(c1cc2cnn(C3CCCCO3)c2s1)n1ccnc1. The maximum atomic E-state index is 12.3. The van der Waals surface area contributed by atoms with Gasteiger partial charge >= 0.3 is 0 Å². The molecular weight excluding hydrogens is 288 g/mol. The lowest BCUT2D eigenvalue weighted by Gasteiger charge is -2.22. The minimum Gasteiger partial charge on any atom is -0.356 e. The predicted molar refractivity (Wildman–Crippen MR) is 78.4 cm³/mol. The molecule has 1 atom stereocenters. The topological polar surface area (TPSA) is 61.9 Å². The van der Waals surface area contributed by atoms with E-state index in [1.807, 2.05) is 10.7 Å². The molecule has 0 spiro atoms. The van der Waals surface area contributed by atoms with Crippen molar-refractivity contribution in [1.82, 2.24) is 19.3 Å². The van der Waals surface area contributed by atoms with Gasteiger partial charge in [0.1, 0.15) is 11.2 Å². The zero-order valence-electron chi connectivity index (χ0n) is 11.3. The van der Waals surface area contributed by atoms with Gasteiger partial charge in [0.15, 0.2) is 6.23 Å². The molecule has 4 rings (SSSR count). The standard InChI is InChI=1S/C14H14N4O2S/c19-13(17-5-4-15-9-17)11-7-10-8-16-18(14(10)21-11)12-3-1-2-6-20-12/h4-5,7-9,12H,1-3,6H2. The van der Waals surface area contributed by atoms with Gasteiger partial charge in [-0.25, -0.2) is 9.67 Å². The van der Waals surface area contributed by atoms with Crippen molar-refractivity contribution in [2.45, 2.75) is 25.5 Å². The lowest BCUT2D eigenvalue weighted by molar-refractivity contribution is -0.0363. The summed E-state index contributed by atoms with van der Waals surface area (Å²) in [5.41, 5.74) is 0. The van der Waals surface area contributed by atoms with Crippen LogP contribution >= 0.6 is 11.3 Å². The second-order valence-corrected chi connectivity index (χ2v) is 6.09. The van der Waals surface area contributed by atoms with Crippen LogP contribution in [0.1, 0.15) is 35.2 Å². The third-order valence-corrected chi connectivity index (χ3v) is 4.78. The molecule has 0 aromatic carbocycles. The molecule has 1 saturated heterocycles. The highest BCUT2D eigenvalue weighted by molar-refractivity contribution is 7.20. The van der Waals surface area contributed by atoms with Crippen LogP contribution < -0.4 is 0 Å². The monoisotopic (exact) mass is 302 g/mol. The molecule has 0 radical (unpaired) electrons. The molecular formula is C14H14N4O2S. The van der Waals surface area contributed by atoms with Crippen molar-refractivity contribution in [3.63, 3.8) is 0 Å². The molecule has 1 aliphatic rings. The molecule has 0 amide bonds. The summed E-state index contributed by atoms with van der Waals surface area (Å²) in [7, 11) is 0. The third-order valence-electron chi connectivity index (χ3n) is 3.65. The predicted octanol–water partition coefficient (Wildman–Crippen LogP) is 2.68. The first-order chi connectivity index (χ1) is 10.3. The number of imidazole rings is 1. The highest BCUT2D eigenvalue weighted by atomic mass is 32.1. The van der Waals surface area contributed by atoms with E-state index < -0.39 is 0 Å². The summed E-state index contributed by atoms with van der Waals surface area (Å²) in [6.07, 6.45) is 9.79. The van der Waals surface area contributed by atoms with E-state index in [4.69, 9.17) is 4.74 Å². The van der Waals surface area contributed by atoms with E-state index in [0.717, 1.165) is 36.1 Å². The van der Waals surface area contributed by atoms with Crippen LogP contribution in [0.3, 0.4) is 0 Å². The van der Waals surface area contributed by atoms with Gasteiger partial charge in [-0.1, -0.05) is 0 Å². The lowest BCUT2D eigenvalue weighted by atomic mass is 10.2. The van der Waals surface area contributed by atoms with Gasteiger partial charge in [0.2, 0.25) is 0 Å². The van der Waals surface area contributed by atoms with Gasteiger partial charge in [0, 0.05) is 24.4 Å². The number of hydrogen-bond donors (Lipinski definition) is 0. The largest absolute Gasteiger partial charge is 0.356 e. The van der Waals surface area contributed by atoms with Crippen molar-refractivity contribution in [3.8, 4) is 0 Å². The van der Waals surface area contributed by atoms with Crippen LogP contribution in [0.15, 0.2) is 31.0 Å². The summed E-state index contributed by atoms with van der Waals surface area (Å²) in [5.74, 6) is -0.0650. The molecule has 6 nitrogen and oxygen atoms in total. The maximum absolute atomic E-state index is 12.3. The summed E-state index contributed by atoms with van der Waals surface area (Å²) in [5, 5.41) is 5.40. The van der Waals surface area contributed by atoms with Gasteiger partial charge in [-0.15, -0.1) is 11.3 Å². The van der Waals surface area contributed by atoms with Crippen molar-refractivity contribution in [2.24, 2.45) is 0 Å². The molecule has 108 valence electrons. The van der Waals surface area contributed by atoms with Crippen LogP contribution in [-0.4, -0.2) is 31.8 Å². The quantitative estimate of drug-likeness (QED) is 0.730. The van der Waals surface area contributed by atoms with E-state index in [1.54, 1.807) is 18.6 Å². The Balaban J connectivity index is 1.70. The fourth-order valence-electron chi connectivity index (χ4n) is 2.58. The average molecular weight is 302 g/mol. The first kappa shape index (κ1) is 12.7. The molecule has 0 N–H and O–H groups in total. The van der Waals surface area contributed by atoms with Crippen molar-refractivity contribution in [1.29, 1.82) is 0 Å². The van der Waals surface area contributed by atoms with Crippen LogP contribution in [0.25, 0.3) is 10.2 Å². The Bertz CT molecular complexity index is 768. The van der Waals surface area contributed by atoms with E-state index in [9.17, 15) is 4.79 Å². The Hall–Kier alpha value is -1.99. The Morgan fingerprint density at radius 3 is 3.14 bits per heavy atom. The zero-order valence-corrected chi connectivity index (χ0v) is 12.1. The molecule has 1 aliphatic heterocycles. The van der Waals surface area contributed by atoms with Crippen molar-refractivity contribution >= 4 is 27.5 Å². The molecule has 0 saturated carbocycles. The minimum absolute atomic E-state index is 0.00824. The first-order valence-electron chi connectivity index (χ1n) is 6.94. The fraction of sp³-hybridized carbons (Fsp3) is 0.357. The van der Waals surface area contributed by atoms with E-state index in [1.165, 1.54) is 22.2 Å². The molecule has 0 aliphatic carbocycles. The van der Waals surface area contributed by atoms with Crippen LogP contribution in [0.5, 0.6) is 0 Å². The van der Waals surface area contributed by atoms with Crippen molar-refractivity contribution in [2.75, 3.05) is 6.61 Å². The van der Waals surface area contributed by atoms with Gasteiger partial charge in [0.25, 0.3) is 5.91 Å². The Kier molecular flexibility index (Phi) is 3.08. The van der Waals surface area contributed by atoms with E-state index in [2.05, 4.69) is 10.1 Å². The second-order valence-electron chi connectivity index (χ2n) is 5.06. The zero-order chi connectivity index (χ0) is 14.2. The van der Waals surface area contributed by atoms with Crippen LogP contribution in [0, 0.1) is 0 Å². The van der Waals surface area contributed by atoms with Crippen molar-refractivity contribution in [3.05, 3.63) is 35.9 Å². The van der Waals surface area contributed by atoms with Gasteiger partial charge in [-0.3, -0.25) is 9.36 Å². The smallest absolute Gasteiger partial charge is 0.273 e. The number of carbonyl (C=O) groups is 1. The number of fused-ring (bicyclic) bond motifs is 1. The third kappa shape index (κ3) is 2.18. The van der Waals surface area contributed by atoms with E-state index in [0.29, 0.717) is 4.88 Å². The van der Waals surface area contributed by atoms with Crippen LogP contribution in [-0.2, 0) is 4.74 Å². The summed E-state index contributed by atoms with van der Waals surface area (Å²) in [6.45, 7) is 0.776. The normalized spacial score (nSPS) is 19.1. The lowest BCUT2D eigenvalue weighted by Crippen LogP contribution is -2.18. The molecule has 3 aromatic rings. The molecule has 1 unspecified atom stereocenters. The molecule has 3 aromatic heterocycles. The molecule has 0 bridgehead atoms. The summed E-state index contributed by atoms with van der Waals surface area (Å²) < 4.78 is 9.17. The second kappa shape index (κ2) is 5.09. The Morgan fingerprint density at radius 1 is 1.43 bits per heavy atom. The van der Waals surface area contributed by atoms with Gasteiger partial charge in [0.05, 0.1) is 11.1 Å². The van der Waals surface area contributed by atoms with Crippen molar-refractivity contribution < 1.29 is 9.53 Å². The number of hydrogen-bond acceptors (Lipinski definition) is 5. The molecule has 21 heavy (non-hydrogen) atoms. The number of thiophene rings is 1. The van der Waals surface area contributed by atoms with Crippen LogP contribution in [0.2, 0.25) is 0 Å². The number of aromatic nitrogens is 4. The highest BCUT2D eigenvalue weighted by Crippen LogP contribution is 2.31. The highest BCUT2D eigenvalue weighted by Gasteiger charge is 2.21. The van der Waals surface area contributed by atoms with E-state index >= 15 is 0 Å². The van der Waals surface area contributed by atoms with Gasteiger partial charge in [-0.05, 0) is 25.3 Å². The van der Waals surface area contributed by atoms with Gasteiger partial charge in [-0.2, -0.15) is 5.10 Å². The number of ether oxygens (including phenoxy) is 1. The maximum Gasteiger partial charge on any atom is 0.273 e. The minimum atomic E-state index is -0.0650. The first-order valence-corrected chi connectivity index (χ1v) is 7.76. The summed E-state index contributed by atoms with van der Waals surface area (Å²) >= 11 is 1.45. The summed E-state index contributed by atoms with van der Waals surface area (Å²) in [6, 6.07) is 1.88. The molecule has 4 heterocycles. The molecule has 1 fully saturated rings. The number of carbonyl (C=O) groups excluding carboxylic acids is 1. The number of rotatable bonds is 2. The van der Waals surface area contributed by atoms with Gasteiger partial charge < -0.3 is 4.74 Å².